The number of fused-ring (bicyclic) bond motifs is 1. The van der Waals surface area contributed by atoms with E-state index in [-0.39, 0.29) is 6.10 Å². The Morgan fingerprint density at radius 3 is 2.79 bits per heavy atom. The van der Waals surface area contributed by atoms with E-state index in [4.69, 9.17) is 9.26 Å². The average molecular weight is 349 g/mol. The van der Waals surface area contributed by atoms with E-state index in [9.17, 15) is 8.42 Å². The zero-order valence-electron chi connectivity index (χ0n) is 13.4. The Labute approximate surface area is 140 Å². The van der Waals surface area contributed by atoms with Gasteiger partial charge >= 0.3 is 0 Å². The minimum Gasteiger partial charge on any atom is -0.377 e. The molecule has 0 bridgehead atoms. The third-order valence-corrected chi connectivity index (χ3v) is 6.78. The summed E-state index contributed by atoms with van der Waals surface area (Å²) < 4.78 is 38.7. The second kappa shape index (κ2) is 5.65. The molecule has 7 nitrogen and oxygen atoms in total. The molecule has 0 saturated carbocycles. The van der Waals surface area contributed by atoms with E-state index in [1.165, 1.54) is 4.31 Å². The van der Waals surface area contributed by atoms with Crippen LogP contribution in [0.4, 0.5) is 0 Å². The van der Waals surface area contributed by atoms with Gasteiger partial charge in [-0.15, -0.1) is 0 Å². The Hall–Kier alpha value is -1.77. The first-order valence-corrected chi connectivity index (χ1v) is 9.44. The number of hydrogen-bond donors (Lipinski definition) is 0. The van der Waals surface area contributed by atoms with Crippen molar-refractivity contribution in [2.75, 3.05) is 19.7 Å². The fourth-order valence-corrected chi connectivity index (χ4v) is 5.20. The first-order chi connectivity index (χ1) is 11.5. The molecule has 2 aromatic rings. The fraction of sp³-hybridized carbons (Fsp3) is 0.500. The minimum atomic E-state index is -3.55. The van der Waals surface area contributed by atoms with Crippen LogP contribution in [-0.2, 0) is 20.2 Å². The van der Waals surface area contributed by atoms with Crippen molar-refractivity contribution in [3.05, 3.63) is 42.0 Å². The molecule has 8 heteroatoms. The molecule has 128 valence electrons. The lowest BCUT2D eigenvalue weighted by atomic mass is 9.77. The molecule has 0 spiro atoms. The zero-order chi connectivity index (χ0) is 16.8. The summed E-state index contributed by atoms with van der Waals surface area (Å²) in [6.07, 6.45) is 1.22. The van der Waals surface area contributed by atoms with E-state index in [1.807, 2.05) is 0 Å². The molecule has 1 aromatic carbocycles. The molecule has 0 amide bonds. The van der Waals surface area contributed by atoms with Crippen molar-refractivity contribution in [1.29, 1.82) is 0 Å². The lowest BCUT2D eigenvalue weighted by molar-refractivity contribution is 0.0276. The standard InChI is InChI=1S/C16H19N3O4S/c1-12-17-15(23-18-12)16-8-10-22-14(16)7-9-19(11-16)24(20,21)13-5-3-2-4-6-13/h2-6,14H,7-11H2,1H3/t14-,16-/m1/s1. The summed E-state index contributed by atoms with van der Waals surface area (Å²) in [5.74, 6) is 1.03. The molecule has 2 aliphatic heterocycles. The van der Waals surface area contributed by atoms with Crippen molar-refractivity contribution in [3.8, 4) is 0 Å². The normalized spacial score (nSPS) is 28.0. The molecule has 2 atom stereocenters. The molecule has 3 heterocycles. The fourth-order valence-electron chi connectivity index (χ4n) is 3.66. The first-order valence-electron chi connectivity index (χ1n) is 8.00. The van der Waals surface area contributed by atoms with Crippen molar-refractivity contribution in [3.63, 3.8) is 0 Å². The highest BCUT2D eigenvalue weighted by molar-refractivity contribution is 7.89. The quantitative estimate of drug-likeness (QED) is 0.835. The Kier molecular flexibility index (Phi) is 3.70. The maximum atomic E-state index is 13.0. The highest BCUT2D eigenvalue weighted by atomic mass is 32.2. The van der Waals surface area contributed by atoms with Gasteiger partial charge in [0.15, 0.2) is 5.82 Å². The van der Waals surface area contributed by atoms with Gasteiger partial charge < -0.3 is 9.26 Å². The molecule has 24 heavy (non-hydrogen) atoms. The van der Waals surface area contributed by atoms with Gasteiger partial charge in [-0.1, -0.05) is 23.4 Å². The molecular weight excluding hydrogens is 330 g/mol. The Morgan fingerprint density at radius 2 is 2.08 bits per heavy atom. The topological polar surface area (TPSA) is 85.5 Å². The number of nitrogens with zero attached hydrogens (tertiary/aromatic N) is 3. The summed E-state index contributed by atoms with van der Waals surface area (Å²) in [6, 6.07) is 8.51. The molecular formula is C16H19N3O4S. The highest BCUT2D eigenvalue weighted by Crippen LogP contribution is 2.43. The summed E-state index contributed by atoms with van der Waals surface area (Å²) in [4.78, 5) is 4.68. The van der Waals surface area contributed by atoms with Gasteiger partial charge in [-0.3, -0.25) is 0 Å². The van der Waals surface area contributed by atoms with Gasteiger partial charge in [0.1, 0.15) is 0 Å². The third kappa shape index (κ3) is 2.37. The van der Waals surface area contributed by atoms with Crippen LogP contribution in [0.5, 0.6) is 0 Å². The van der Waals surface area contributed by atoms with Crippen molar-refractivity contribution in [1.82, 2.24) is 14.4 Å². The number of piperidine rings is 1. The molecule has 2 saturated heterocycles. The van der Waals surface area contributed by atoms with Crippen LogP contribution in [0, 0.1) is 6.92 Å². The van der Waals surface area contributed by atoms with Crippen molar-refractivity contribution >= 4 is 10.0 Å². The minimum absolute atomic E-state index is 0.0837. The van der Waals surface area contributed by atoms with Gasteiger partial charge in [-0.2, -0.15) is 9.29 Å². The predicted molar refractivity (Wildman–Crippen MR) is 84.9 cm³/mol. The van der Waals surface area contributed by atoms with Crippen molar-refractivity contribution in [2.24, 2.45) is 0 Å². The van der Waals surface area contributed by atoms with E-state index in [0.717, 1.165) is 0 Å². The van der Waals surface area contributed by atoms with Crippen LogP contribution in [0.25, 0.3) is 0 Å². The van der Waals surface area contributed by atoms with E-state index in [0.29, 0.717) is 49.1 Å². The van der Waals surface area contributed by atoms with Gasteiger partial charge in [0.25, 0.3) is 0 Å². The number of aromatic nitrogens is 2. The maximum Gasteiger partial charge on any atom is 0.243 e. The molecule has 0 N–H and O–H groups in total. The van der Waals surface area contributed by atoms with Gasteiger partial charge in [0, 0.05) is 19.7 Å². The van der Waals surface area contributed by atoms with Gasteiger partial charge in [0.2, 0.25) is 15.9 Å². The summed E-state index contributed by atoms with van der Waals surface area (Å²) in [5.41, 5.74) is -0.554. The van der Waals surface area contributed by atoms with Gasteiger partial charge in [-0.25, -0.2) is 8.42 Å². The van der Waals surface area contributed by atoms with Crippen molar-refractivity contribution in [2.45, 2.75) is 36.2 Å². The van der Waals surface area contributed by atoms with Crippen LogP contribution in [0.2, 0.25) is 0 Å². The number of sulfonamides is 1. The molecule has 2 aliphatic rings. The lowest BCUT2D eigenvalue weighted by Gasteiger charge is -2.40. The largest absolute Gasteiger partial charge is 0.377 e. The Morgan fingerprint density at radius 1 is 1.29 bits per heavy atom. The van der Waals surface area contributed by atoms with Crippen LogP contribution >= 0.6 is 0 Å². The third-order valence-electron chi connectivity index (χ3n) is 4.92. The van der Waals surface area contributed by atoms with Crippen LogP contribution in [0.1, 0.15) is 24.6 Å². The predicted octanol–water partition coefficient (Wildman–Crippen LogP) is 1.50. The second-order valence-electron chi connectivity index (χ2n) is 6.35. The highest BCUT2D eigenvalue weighted by Gasteiger charge is 2.54. The smallest absolute Gasteiger partial charge is 0.243 e. The number of ether oxygens (including phenoxy) is 1. The first kappa shape index (κ1) is 15.7. The van der Waals surface area contributed by atoms with E-state index in [2.05, 4.69) is 10.1 Å². The second-order valence-corrected chi connectivity index (χ2v) is 8.29. The molecule has 1 aromatic heterocycles. The van der Waals surface area contributed by atoms with Crippen molar-refractivity contribution < 1.29 is 17.7 Å². The monoisotopic (exact) mass is 349 g/mol. The number of benzene rings is 1. The number of rotatable bonds is 3. The van der Waals surface area contributed by atoms with E-state index >= 15 is 0 Å². The van der Waals surface area contributed by atoms with Crippen LogP contribution < -0.4 is 0 Å². The summed E-state index contributed by atoms with van der Waals surface area (Å²) >= 11 is 0. The van der Waals surface area contributed by atoms with E-state index < -0.39 is 15.4 Å². The zero-order valence-corrected chi connectivity index (χ0v) is 14.2. The summed E-state index contributed by atoms with van der Waals surface area (Å²) in [5, 5.41) is 3.88. The lowest BCUT2D eigenvalue weighted by Crippen LogP contribution is -2.54. The Bertz CT molecular complexity index is 836. The van der Waals surface area contributed by atoms with Gasteiger partial charge in [-0.05, 0) is 31.9 Å². The number of aryl methyl sites for hydroxylation is 1. The van der Waals surface area contributed by atoms with Crippen LogP contribution in [0.3, 0.4) is 0 Å². The van der Waals surface area contributed by atoms with Crippen LogP contribution in [-0.4, -0.2) is 48.7 Å². The van der Waals surface area contributed by atoms with Gasteiger partial charge in [0.05, 0.1) is 16.4 Å². The molecule has 0 radical (unpaired) electrons. The average Bonchev–Trinajstić information content (AvgIpc) is 3.21. The molecule has 0 unspecified atom stereocenters. The molecule has 0 aliphatic carbocycles. The summed E-state index contributed by atoms with van der Waals surface area (Å²) in [7, 11) is -3.55. The molecule has 4 rings (SSSR count). The Balaban J connectivity index is 1.71. The molecule has 2 fully saturated rings. The maximum absolute atomic E-state index is 13.0. The summed E-state index contributed by atoms with van der Waals surface area (Å²) in [6.45, 7) is 3.06. The number of hydrogen-bond acceptors (Lipinski definition) is 6. The van der Waals surface area contributed by atoms with E-state index in [1.54, 1.807) is 37.3 Å². The SMILES string of the molecule is Cc1noc([C@@]23CCO[C@@H]2CCN(S(=O)(=O)c2ccccc2)C3)n1. The van der Waals surface area contributed by atoms with Crippen LogP contribution in [0.15, 0.2) is 39.8 Å².